The van der Waals surface area contributed by atoms with E-state index in [4.69, 9.17) is 11.6 Å². The summed E-state index contributed by atoms with van der Waals surface area (Å²) in [5, 5.41) is 14.8. The molecule has 0 bridgehead atoms. The fourth-order valence-corrected chi connectivity index (χ4v) is 2.96. The Kier molecular flexibility index (Phi) is 4.78. The Labute approximate surface area is 127 Å². The van der Waals surface area contributed by atoms with Crippen molar-refractivity contribution in [1.29, 1.82) is 0 Å². The van der Waals surface area contributed by atoms with Gasteiger partial charge in [-0.15, -0.1) is 0 Å². The third-order valence-corrected chi connectivity index (χ3v) is 4.96. The van der Waals surface area contributed by atoms with Crippen LogP contribution in [0.15, 0.2) is 18.2 Å². The van der Waals surface area contributed by atoms with Crippen molar-refractivity contribution in [1.82, 2.24) is 5.32 Å². The maximum absolute atomic E-state index is 10.6. The van der Waals surface area contributed by atoms with Crippen LogP contribution in [0.25, 0.3) is 0 Å². The van der Waals surface area contributed by atoms with E-state index in [1.165, 1.54) is 5.56 Å². The molecule has 3 heteroatoms. The number of aryl methyl sites for hydroxylation is 1. The van der Waals surface area contributed by atoms with Gasteiger partial charge in [-0.25, -0.2) is 0 Å². The van der Waals surface area contributed by atoms with Gasteiger partial charge in [-0.2, -0.15) is 0 Å². The molecule has 0 saturated heterocycles. The van der Waals surface area contributed by atoms with E-state index in [-0.39, 0.29) is 0 Å². The van der Waals surface area contributed by atoms with Crippen molar-refractivity contribution in [2.24, 2.45) is 5.41 Å². The maximum atomic E-state index is 10.6. The Morgan fingerprint density at radius 1 is 1.20 bits per heavy atom. The monoisotopic (exact) mass is 295 g/mol. The van der Waals surface area contributed by atoms with Gasteiger partial charge in [0.1, 0.15) is 0 Å². The SMILES string of the molecule is Cc1ccc(CNCC2(O)CCC(C)(C)CC2)cc1Cl. The smallest absolute Gasteiger partial charge is 0.0772 e. The summed E-state index contributed by atoms with van der Waals surface area (Å²) in [7, 11) is 0. The van der Waals surface area contributed by atoms with Gasteiger partial charge >= 0.3 is 0 Å². The number of benzene rings is 1. The van der Waals surface area contributed by atoms with E-state index < -0.39 is 5.60 Å². The normalized spacial score (nSPS) is 20.9. The lowest BCUT2D eigenvalue weighted by molar-refractivity contribution is -0.0245. The number of aliphatic hydroxyl groups is 1. The van der Waals surface area contributed by atoms with Crippen molar-refractivity contribution < 1.29 is 5.11 Å². The lowest BCUT2D eigenvalue weighted by Crippen LogP contribution is -2.44. The molecule has 1 saturated carbocycles. The van der Waals surface area contributed by atoms with Crippen LogP contribution in [0.1, 0.15) is 50.7 Å². The van der Waals surface area contributed by atoms with Gasteiger partial charge < -0.3 is 10.4 Å². The van der Waals surface area contributed by atoms with Crippen LogP contribution < -0.4 is 5.32 Å². The Morgan fingerprint density at radius 2 is 1.85 bits per heavy atom. The van der Waals surface area contributed by atoms with E-state index in [9.17, 15) is 5.11 Å². The summed E-state index contributed by atoms with van der Waals surface area (Å²) in [5.74, 6) is 0. The standard InChI is InChI=1S/C17H26ClNO/c1-13-4-5-14(10-15(13)18)11-19-12-17(20)8-6-16(2,3)7-9-17/h4-5,10,19-20H,6-9,11-12H2,1-3H3. The quantitative estimate of drug-likeness (QED) is 0.877. The number of nitrogens with one attached hydrogen (secondary N) is 1. The molecule has 2 nitrogen and oxygen atoms in total. The van der Waals surface area contributed by atoms with Gasteiger partial charge in [0, 0.05) is 18.1 Å². The summed E-state index contributed by atoms with van der Waals surface area (Å²) in [5.41, 5.74) is 2.12. The first kappa shape index (κ1) is 15.8. The first-order chi connectivity index (χ1) is 9.30. The Balaban J connectivity index is 1.82. The van der Waals surface area contributed by atoms with E-state index >= 15 is 0 Å². The maximum Gasteiger partial charge on any atom is 0.0772 e. The molecule has 0 aromatic heterocycles. The van der Waals surface area contributed by atoms with Crippen molar-refractivity contribution in [3.05, 3.63) is 34.3 Å². The molecule has 0 atom stereocenters. The van der Waals surface area contributed by atoms with Gasteiger partial charge in [0.15, 0.2) is 0 Å². The first-order valence-electron chi connectivity index (χ1n) is 7.48. The molecule has 1 fully saturated rings. The second-order valence-corrected chi connectivity index (χ2v) is 7.48. The van der Waals surface area contributed by atoms with Crippen molar-refractivity contribution >= 4 is 11.6 Å². The van der Waals surface area contributed by atoms with Gasteiger partial charge in [-0.1, -0.05) is 37.6 Å². The minimum atomic E-state index is -0.538. The van der Waals surface area contributed by atoms with Crippen LogP contribution >= 0.6 is 11.6 Å². The average Bonchev–Trinajstić information content (AvgIpc) is 2.38. The summed E-state index contributed by atoms with van der Waals surface area (Å²) in [6.45, 7) is 7.99. The molecule has 2 N–H and O–H groups in total. The zero-order valence-corrected chi connectivity index (χ0v) is 13.6. The summed E-state index contributed by atoms with van der Waals surface area (Å²) < 4.78 is 0. The van der Waals surface area contributed by atoms with Crippen LogP contribution in [-0.4, -0.2) is 17.3 Å². The highest BCUT2D eigenvalue weighted by atomic mass is 35.5. The van der Waals surface area contributed by atoms with Gasteiger partial charge in [0.05, 0.1) is 5.60 Å². The Bertz CT molecular complexity index is 460. The molecule has 0 spiro atoms. The predicted molar refractivity (Wildman–Crippen MR) is 85.1 cm³/mol. The molecule has 0 heterocycles. The number of hydrogen-bond donors (Lipinski definition) is 2. The van der Waals surface area contributed by atoms with Gasteiger partial charge in [-0.05, 0) is 55.2 Å². The largest absolute Gasteiger partial charge is 0.389 e. The van der Waals surface area contributed by atoms with Crippen LogP contribution in [0, 0.1) is 12.3 Å². The zero-order chi connectivity index (χ0) is 14.8. The van der Waals surface area contributed by atoms with Gasteiger partial charge in [0.2, 0.25) is 0 Å². The molecule has 0 aliphatic heterocycles. The third kappa shape index (κ3) is 4.21. The van der Waals surface area contributed by atoms with E-state index in [2.05, 4.69) is 25.2 Å². The molecule has 0 unspecified atom stereocenters. The van der Waals surface area contributed by atoms with Crippen LogP contribution in [0.4, 0.5) is 0 Å². The molecule has 112 valence electrons. The summed E-state index contributed by atoms with van der Waals surface area (Å²) in [4.78, 5) is 0. The lowest BCUT2D eigenvalue weighted by Gasteiger charge is -2.40. The molecule has 1 aliphatic carbocycles. The number of hydrogen-bond acceptors (Lipinski definition) is 2. The van der Waals surface area contributed by atoms with E-state index in [0.717, 1.165) is 42.8 Å². The number of rotatable bonds is 4. The highest BCUT2D eigenvalue weighted by molar-refractivity contribution is 6.31. The second-order valence-electron chi connectivity index (χ2n) is 7.08. The van der Waals surface area contributed by atoms with Crippen molar-refractivity contribution in [2.45, 2.75) is 58.6 Å². The second kappa shape index (κ2) is 6.05. The highest BCUT2D eigenvalue weighted by Gasteiger charge is 2.36. The summed E-state index contributed by atoms with van der Waals surface area (Å²) in [6, 6.07) is 6.12. The minimum absolute atomic E-state index is 0.386. The van der Waals surface area contributed by atoms with E-state index in [1.807, 2.05) is 19.1 Å². The zero-order valence-electron chi connectivity index (χ0n) is 12.8. The van der Waals surface area contributed by atoms with Crippen LogP contribution in [0.3, 0.4) is 0 Å². The number of halogens is 1. The van der Waals surface area contributed by atoms with Crippen molar-refractivity contribution in [3.8, 4) is 0 Å². The molecular weight excluding hydrogens is 270 g/mol. The third-order valence-electron chi connectivity index (χ3n) is 4.55. The fraction of sp³-hybridized carbons (Fsp3) is 0.647. The van der Waals surface area contributed by atoms with Gasteiger partial charge in [0.25, 0.3) is 0 Å². The van der Waals surface area contributed by atoms with Crippen LogP contribution in [0.2, 0.25) is 5.02 Å². The molecule has 0 amide bonds. The lowest BCUT2D eigenvalue weighted by atomic mass is 9.71. The average molecular weight is 296 g/mol. The Morgan fingerprint density at radius 3 is 2.45 bits per heavy atom. The highest BCUT2D eigenvalue weighted by Crippen LogP contribution is 2.39. The van der Waals surface area contributed by atoms with E-state index in [1.54, 1.807) is 0 Å². The Hall–Kier alpha value is -0.570. The van der Waals surface area contributed by atoms with E-state index in [0.29, 0.717) is 12.0 Å². The fourth-order valence-electron chi connectivity index (χ4n) is 2.75. The molecule has 20 heavy (non-hydrogen) atoms. The molecule has 1 aliphatic rings. The topological polar surface area (TPSA) is 32.3 Å². The summed E-state index contributed by atoms with van der Waals surface area (Å²) in [6.07, 6.45) is 3.98. The first-order valence-corrected chi connectivity index (χ1v) is 7.86. The minimum Gasteiger partial charge on any atom is -0.389 e. The molecular formula is C17H26ClNO. The molecule has 2 rings (SSSR count). The van der Waals surface area contributed by atoms with Crippen LogP contribution in [-0.2, 0) is 6.54 Å². The van der Waals surface area contributed by atoms with Crippen molar-refractivity contribution in [2.75, 3.05) is 6.54 Å². The van der Waals surface area contributed by atoms with Gasteiger partial charge in [-0.3, -0.25) is 0 Å². The predicted octanol–water partition coefficient (Wildman–Crippen LogP) is 4.07. The summed E-state index contributed by atoms with van der Waals surface area (Å²) >= 11 is 6.12. The van der Waals surface area contributed by atoms with Crippen LogP contribution in [0.5, 0.6) is 0 Å². The molecule has 1 aromatic rings. The molecule has 1 aromatic carbocycles. The van der Waals surface area contributed by atoms with Crippen molar-refractivity contribution in [3.63, 3.8) is 0 Å². The molecule has 0 radical (unpaired) electrons.